The van der Waals surface area contributed by atoms with Gasteiger partial charge in [-0.2, -0.15) is 5.10 Å². The minimum atomic E-state index is -4.14. The van der Waals surface area contributed by atoms with Gasteiger partial charge in [-0.15, -0.1) is 10.2 Å². The number of nitrogens with zero attached hydrogens (tertiary/aromatic N) is 4. The lowest BCUT2D eigenvalue weighted by Gasteiger charge is -2.11. The molecule has 0 atom stereocenters. The number of para-hydroxylation sites is 1. The Morgan fingerprint density at radius 1 is 1.10 bits per heavy atom. The van der Waals surface area contributed by atoms with Crippen LogP contribution in [0.15, 0.2) is 59.5 Å². The van der Waals surface area contributed by atoms with Crippen molar-refractivity contribution in [3.63, 3.8) is 0 Å². The van der Waals surface area contributed by atoms with Gasteiger partial charge in [0.1, 0.15) is 21.5 Å². The number of aromatic nitrogens is 4. The zero-order valence-electron chi connectivity index (χ0n) is 16.7. The monoisotopic (exact) mass is 458 g/mol. The Morgan fingerprint density at radius 3 is 2.55 bits per heavy atom. The normalized spacial score (nSPS) is 11.5. The van der Waals surface area contributed by atoms with Crippen LogP contribution in [0.2, 0.25) is 0 Å². The van der Waals surface area contributed by atoms with Gasteiger partial charge >= 0.3 is 0 Å². The van der Waals surface area contributed by atoms with E-state index in [4.69, 9.17) is 0 Å². The van der Waals surface area contributed by atoms with Crippen molar-refractivity contribution in [2.24, 2.45) is 0 Å². The molecule has 2 aromatic heterocycles. The van der Waals surface area contributed by atoms with Crippen molar-refractivity contribution < 1.29 is 12.8 Å². The van der Waals surface area contributed by atoms with E-state index in [1.54, 1.807) is 4.68 Å². The number of anilines is 3. The number of benzene rings is 2. The second kappa shape index (κ2) is 8.44. The lowest BCUT2D eigenvalue weighted by Crippen LogP contribution is -2.14. The highest BCUT2D eigenvalue weighted by Gasteiger charge is 2.21. The molecule has 0 spiro atoms. The number of nitrogens with one attached hydrogen (secondary N) is 2. The van der Waals surface area contributed by atoms with Crippen LogP contribution in [-0.4, -0.2) is 28.4 Å². The van der Waals surface area contributed by atoms with Gasteiger partial charge < -0.3 is 5.32 Å². The largest absolute Gasteiger partial charge is 0.340 e. The van der Waals surface area contributed by atoms with Crippen molar-refractivity contribution in [3.8, 4) is 5.69 Å². The molecular formula is C20H19FN6O2S2. The van der Waals surface area contributed by atoms with Crippen LogP contribution in [-0.2, 0) is 16.4 Å². The molecule has 160 valence electrons. The Balaban J connectivity index is 1.59. The van der Waals surface area contributed by atoms with Gasteiger partial charge in [0.2, 0.25) is 5.13 Å². The number of hydrogen-bond acceptors (Lipinski definition) is 7. The predicted molar refractivity (Wildman–Crippen MR) is 118 cm³/mol. The van der Waals surface area contributed by atoms with Gasteiger partial charge in [-0.3, -0.25) is 4.72 Å². The van der Waals surface area contributed by atoms with Crippen LogP contribution >= 0.6 is 11.3 Å². The number of aryl methyl sites for hydroxylation is 2. The highest BCUT2D eigenvalue weighted by molar-refractivity contribution is 7.93. The van der Waals surface area contributed by atoms with Crippen LogP contribution in [0.4, 0.5) is 21.0 Å². The van der Waals surface area contributed by atoms with Gasteiger partial charge in [0.15, 0.2) is 0 Å². The lowest BCUT2D eigenvalue weighted by atomic mass is 10.3. The van der Waals surface area contributed by atoms with Crippen molar-refractivity contribution in [1.29, 1.82) is 0 Å². The second-order valence-electron chi connectivity index (χ2n) is 6.65. The van der Waals surface area contributed by atoms with E-state index in [1.807, 2.05) is 50.2 Å². The van der Waals surface area contributed by atoms with Gasteiger partial charge in [-0.1, -0.05) is 36.5 Å². The fourth-order valence-corrected chi connectivity index (χ4v) is 4.88. The molecule has 4 rings (SSSR count). The minimum absolute atomic E-state index is 0.0979. The first-order valence-electron chi connectivity index (χ1n) is 9.39. The van der Waals surface area contributed by atoms with E-state index in [2.05, 4.69) is 25.3 Å². The number of hydrogen-bond donors (Lipinski definition) is 2. The molecule has 2 aromatic carbocycles. The SMILES string of the molecule is CCc1nnc(NS(=O)(=O)c2ccc(Nc3cc(C)nn3-c3ccccc3)cc2F)s1. The molecule has 2 heterocycles. The molecular weight excluding hydrogens is 439 g/mol. The highest BCUT2D eigenvalue weighted by Crippen LogP contribution is 2.26. The molecule has 0 saturated carbocycles. The summed E-state index contributed by atoms with van der Waals surface area (Å²) in [7, 11) is -4.14. The maximum Gasteiger partial charge on any atom is 0.266 e. The Labute approximate surface area is 182 Å². The average Bonchev–Trinajstić information content (AvgIpc) is 3.34. The fourth-order valence-electron chi connectivity index (χ4n) is 2.91. The maximum absolute atomic E-state index is 14.7. The zero-order valence-corrected chi connectivity index (χ0v) is 18.3. The summed E-state index contributed by atoms with van der Waals surface area (Å²) in [6, 6.07) is 15.1. The molecule has 0 amide bonds. The first kappa shape index (κ1) is 20.9. The summed E-state index contributed by atoms with van der Waals surface area (Å²) in [5.74, 6) is -0.266. The third kappa shape index (κ3) is 4.57. The van der Waals surface area contributed by atoms with E-state index in [0.717, 1.165) is 28.8 Å². The maximum atomic E-state index is 14.7. The van der Waals surface area contributed by atoms with Gasteiger partial charge in [-0.25, -0.2) is 17.5 Å². The first-order chi connectivity index (χ1) is 14.9. The Hall–Kier alpha value is -3.31. The molecule has 0 radical (unpaired) electrons. The molecule has 31 heavy (non-hydrogen) atoms. The second-order valence-corrected chi connectivity index (χ2v) is 9.36. The predicted octanol–water partition coefficient (Wildman–Crippen LogP) is 4.28. The molecule has 0 saturated heterocycles. The fraction of sp³-hybridized carbons (Fsp3) is 0.150. The van der Waals surface area contributed by atoms with E-state index in [0.29, 0.717) is 22.9 Å². The van der Waals surface area contributed by atoms with E-state index in [-0.39, 0.29) is 5.13 Å². The molecule has 0 aliphatic carbocycles. The number of sulfonamides is 1. The van der Waals surface area contributed by atoms with Crippen LogP contribution < -0.4 is 10.0 Å². The van der Waals surface area contributed by atoms with Crippen LogP contribution in [0.25, 0.3) is 5.69 Å². The van der Waals surface area contributed by atoms with Crippen molar-refractivity contribution in [1.82, 2.24) is 20.0 Å². The van der Waals surface area contributed by atoms with Crippen molar-refractivity contribution in [2.45, 2.75) is 25.2 Å². The standard InChI is InChI=1S/C20H19FN6O2S2/c1-3-19-23-24-20(30-19)26-31(28,29)17-10-9-14(12-16(17)21)22-18-11-13(2)25-27(18)15-7-5-4-6-8-15/h4-12,22H,3H2,1-2H3,(H,24,26). The summed E-state index contributed by atoms with van der Waals surface area (Å²) in [6.45, 7) is 3.74. The Kier molecular flexibility index (Phi) is 5.70. The third-order valence-corrected chi connectivity index (χ3v) is 6.80. The summed E-state index contributed by atoms with van der Waals surface area (Å²) in [4.78, 5) is -0.473. The summed E-state index contributed by atoms with van der Waals surface area (Å²) in [6.07, 6.45) is 0.632. The summed E-state index contributed by atoms with van der Waals surface area (Å²) in [5.41, 5.74) is 2.00. The van der Waals surface area contributed by atoms with Gasteiger partial charge in [0.05, 0.1) is 11.4 Å². The van der Waals surface area contributed by atoms with Gasteiger partial charge in [0, 0.05) is 11.8 Å². The molecule has 4 aromatic rings. The van der Waals surface area contributed by atoms with Crippen molar-refractivity contribution in [2.75, 3.05) is 10.0 Å². The molecule has 0 fully saturated rings. The van der Waals surface area contributed by atoms with Crippen LogP contribution in [0.5, 0.6) is 0 Å². The Bertz CT molecular complexity index is 1320. The van der Waals surface area contributed by atoms with E-state index >= 15 is 0 Å². The van der Waals surface area contributed by atoms with Gasteiger partial charge in [0.25, 0.3) is 10.0 Å². The molecule has 2 N–H and O–H groups in total. The summed E-state index contributed by atoms with van der Waals surface area (Å²) < 4.78 is 43.9. The van der Waals surface area contributed by atoms with Crippen LogP contribution in [0, 0.1) is 12.7 Å². The third-order valence-electron chi connectivity index (χ3n) is 4.32. The molecule has 8 nitrogen and oxygen atoms in total. The van der Waals surface area contributed by atoms with Crippen molar-refractivity contribution >= 4 is 38.0 Å². The molecule has 0 unspecified atom stereocenters. The number of rotatable bonds is 7. The Morgan fingerprint density at radius 2 is 1.87 bits per heavy atom. The molecule has 0 aliphatic heterocycles. The molecule has 11 heteroatoms. The highest BCUT2D eigenvalue weighted by atomic mass is 32.2. The quantitative estimate of drug-likeness (QED) is 0.429. The average molecular weight is 459 g/mol. The molecule has 0 aliphatic rings. The van der Waals surface area contributed by atoms with Crippen molar-refractivity contribution in [3.05, 3.63) is 71.1 Å². The minimum Gasteiger partial charge on any atom is -0.340 e. The zero-order chi connectivity index (χ0) is 22.0. The van der Waals surface area contributed by atoms with Gasteiger partial charge in [-0.05, 0) is 43.7 Å². The number of halogens is 1. The lowest BCUT2D eigenvalue weighted by molar-refractivity contribution is 0.570. The topological polar surface area (TPSA) is 102 Å². The smallest absolute Gasteiger partial charge is 0.266 e. The first-order valence-corrected chi connectivity index (χ1v) is 11.7. The molecule has 0 bridgehead atoms. The summed E-state index contributed by atoms with van der Waals surface area (Å²) in [5, 5.41) is 16.0. The van der Waals surface area contributed by atoms with E-state index in [1.165, 1.54) is 12.1 Å². The van der Waals surface area contributed by atoms with Crippen LogP contribution in [0.1, 0.15) is 17.6 Å². The van der Waals surface area contributed by atoms with E-state index in [9.17, 15) is 12.8 Å². The van der Waals surface area contributed by atoms with E-state index < -0.39 is 20.7 Å². The van der Waals surface area contributed by atoms with Crippen LogP contribution in [0.3, 0.4) is 0 Å². The summed E-state index contributed by atoms with van der Waals surface area (Å²) >= 11 is 1.11.